The zero-order valence-electron chi connectivity index (χ0n) is 11.5. The van der Waals surface area contributed by atoms with E-state index in [0.717, 1.165) is 18.4 Å². The van der Waals surface area contributed by atoms with Gasteiger partial charge in [0.1, 0.15) is 0 Å². The van der Waals surface area contributed by atoms with Gasteiger partial charge in [-0.15, -0.1) is 0 Å². The van der Waals surface area contributed by atoms with Crippen molar-refractivity contribution in [2.45, 2.75) is 45.2 Å². The number of carbonyl (C=O) groups is 1. The molecule has 0 aliphatic heterocycles. The lowest BCUT2D eigenvalue weighted by molar-refractivity contribution is -0.131. The fourth-order valence-electron chi connectivity index (χ4n) is 1.83. The number of carbonyl (C=O) groups excluding carboxylic acids is 1. The molecule has 4 heteroatoms. The lowest BCUT2D eigenvalue weighted by Gasteiger charge is -2.25. The summed E-state index contributed by atoms with van der Waals surface area (Å²) in [5.74, 6) is 0.167. The van der Waals surface area contributed by atoms with Crippen LogP contribution in [0, 0.1) is 0 Å². The Morgan fingerprint density at radius 1 is 1.39 bits per heavy atom. The summed E-state index contributed by atoms with van der Waals surface area (Å²) in [6.07, 6.45) is 5.81. The third kappa shape index (κ3) is 4.45. The Morgan fingerprint density at radius 2 is 2.00 bits per heavy atom. The maximum atomic E-state index is 12.0. The van der Waals surface area contributed by atoms with Gasteiger partial charge in [0.05, 0.1) is 6.04 Å². The molecule has 0 aromatic carbocycles. The van der Waals surface area contributed by atoms with Gasteiger partial charge in [-0.1, -0.05) is 0 Å². The smallest absolute Gasteiger partial charge is 0.222 e. The van der Waals surface area contributed by atoms with Crippen molar-refractivity contribution in [2.24, 2.45) is 5.73 Å². The maximum absolute atomic E-state index is 12.0. The number of nitrogens with zero attached hydrogens (tertiary/aromatic N) is 2. The maximum Gasteiger partial charge on any atom is 0.222 e. The molecule has 2 unspecified atom stereocenters. The fourth-order valence-corrected chi connectivity index (χ4v) is 1.83. The molecule has 1 heterocycles. The van der Waals surface area contributed by atoms with E-state index in [1.54, 1.807) is 17.3 Å². The highest BCUT2D eigenvalue weighted by atomic mass is 16.2. The molecule has 0 spiro atoms. The van der Waals surface area contributed by atoms with Gasteiger partial charge in [0.15, 0.2) is 0 Å². The first-order valence-electron chi connectivity index (χ1n) is 6.43. The standard InChI is InChI=1S/C14H23N3O/c1-11(15)5-4-6-14(18)17(3)12(2)13-7-9-16-10-8-13/h7-12H,4-6,15H2,1-3H3. The van der Waals surface area contributed by atoms with Crippen molar-refractivity contribution in [3.05, 3.63) is 30.1 Å². The van der Waals surface area contributed by atoms with Gasteiger partial charge in [-0.25, -0.2) is 0 Å². The van der Waals surface area contributed by atoms with Gasteiger partial charge in [-0.2, -0.15) is 0 Å². The molecular formula is C14H23N3O. The molecule has 1 amide bonds. The van der Waals surface area contributed by atoms with E-state index >= 15 is 0 Å². The Hall–Kier alpha value is -1.42. The lowest BCUT2D eigenvalue weighted by atomic mass is 10.1. The van der Waals surface area contributed by atoms with E-state index in [0.29, 0.717) is 6.42 Å². The molecule has 1 aromatic heterocycles. The van der Waals surface area contributed by atoms with Crippen LogP contribution in [0.25, 0.3) is 0 Å². The van der Waals surface area contributed by atoms with Crippen LogP contribution in [0.15, 0.2) is 24.5 Å². The van der Waals surface area contributed by atoms with Gasteiger partial charge >= 0.3 is 0 Å². The van der Waals surface area contributed by atoms with Crippen LogP contribution < -0.4 is 5.73 Å². The first-order valence-corrected chi connectivity index (χ1v) is 6.43. The van der Waals surface area contributed by atoms with E-state index in [1.807, 2.05) is 33.0 Å². The minimum atomic E-state index is 0.0794. The first kappa shape index (κ1) is 14.6. The van der Waals surface area contributed by atoms with E-state index < -0.39 is 0 Å². The Kier molecular flexibility index (Phi) is 5.78. The van der Waals surface area contributed by atoms with Gasteiger partial charge in [0.25, 0.3) is 0 Å². The molecule has 4 nitrogen and oxygen atoms in total. The highest BCUT2D eigenvalue weighted by Gasteiger charge is 2.16. The second-order valence-corrected chi connectivity index (χ2v) is 4.83. The molecule has 100 valence electrons. The Labute approximate surface area is 109 Å². The molecule has 1 rings (SSSR count). The quantitative estimate of drug-likeness (QED) is 0.840. The number of rotatable bonds is 6. The van der Waals surface area contributed by atoms with Crippen LogP contribution in [0.1, 0.15) is 44.7 Å². The molecular weight excluding hydrogens is 226 g/mol. The molecule has 0 saturated carbocycles. The van der Waals surface area contributed by atoms with Crippen LogP contribution >= 0.6 is 0 Å². The molecule has 2 N–H and O–H groups in total. The van der Waals surface area contributed by atoms with Gasteiger partial charge in [-0.3, -0.25) is 9.78 Å². The summed E-state index contributed by atoms with van der Waals surface area (Å²) in [4.78, 5) is 17.8. The minimum absolute atomic E-state index is 0.0794. The van der Waals surface area contributed by atoms with Crippen molar-refractivity contribution >= 4 is 5.91 Å². The second kappa shape index (κ2) is 7.11. The van der Waals surface area contributed by atoms with Crippen molar-refractivity contribution in [1.29, 1.82) is 0 Å². The molecule has 0 radical (unpaired) electrons. The average Bonchev–Trinajstić information content (AvgIpc) is 2.37. The van der Waals surface area contributed by atoms with Gasteiger partial charge < -0.3 is 10.6 Å². The van der Waals surface area contributed by atoms with E-state index in [4.69, 9.17) is 5.73 Å². The van der Waals surface area contributed by atoms with Crippen LogP contribution in [0.2, 0.25) is 0 Å². The van der Waals surface area contributed by atoms with Crippen molar-refractivity contribution in [1.82, 2.24) is 9.88 Å². The second-order valence-electron chi connectivity index (χ2n) is 4.83. The summed E-state index contributed by atoms with van der Waals surface area (Å²) in [5, 5.41) is 0. The number of aromatic nitrogens is 1. The van der Waals surface area contributed by atoms with Crippen molar-refractivity contribution in [2.75, 3.05) is 7.05 Å². The molecule has 0 aliphatic rings. The lowest BCUT2D eigenvalue weighted by Crippen LogP contribution is -2.29. The van der Waals surface area contributed by atoms with Gasteiger partial charge in [-0.05, 0) is 44.4 Å². The van der Waals surface area contributed by atoms with Crippen LogP contribution in [0.4, 0.5) is 0 Å². The summed E-state index contributed by atoms with van der Waals surface area (Å²) in [6, 6.07) is 4.13. The van der Waals surface area contributed by atoms with Crippen LogP contribution in [0.3, 0.4) is 0 Å². The minimum Gasteiger partial charge on any atom is -0.339 e. The van der Waals surface area contributed by atoms with Crippen molar-refractivity contribution in [3.8, 4) is 0 Å². The van der Waals surface area contributed by atoms with Crippen molar-refractivity contribution < 1.29 is 4.79 Å². The van der Waals surface area contributed by atoms with Crippen LogP contribution in [0.5, 0.6) is 0 Å². The topological polar surface area (TPSA) is 59.2 Å². The highest BCUT2D eigenvalue weighted by Crippen LogP contribution is 2.18. The van der Waals surface area contributed by atoms with E-state index in [2.05, 4.69) is 4.98 Å². The van der Waals surface area contributed by atoms with Gasteiger partial charge in [0.2, 0.25) is 5.91 Å². The molecule has 0 bridgehead atoms. The van der Waals surface area contributed by atoms with Crippen LogP contribution in [-0.4, -0.2) is 28.9 Å². The van der Waals surface area contributed by atoms with Crippen molar-refractivity contribution in [3.63, 3.8) is 0 Å². The van der Waals surface area contributed by atoms with E-state index in [9.17, 15) is 4.79 Å². The summed E-state index contributed by atoms with van der Waals surface area (Å²) >= 11 is 0. The predicted molar refractivity (Wildman–Crippen MR) is 72.9 cm³/mol. The summed E-state index contributed by atoms with van der Waals surface area (Å²) in [5.41, 5.74) is 6.78. The summed E-state index contributed by atoms with van der Waals surface area (Å²) in [7, 11) is 1.85. The normalized spacial score (nSPS) is 14.0. The number of pyridine rings is 1. The molecule has 0 aliphatic carbocycles. The molecule has 18 heavy (non-hydrogen) atoms. The number of amides is 1. The Bertz CT molecular complexity index is 365. The number of hydrogen-bond donors (Lipinski definition) is 1. The van der Waals surface area contributed by atoms with Gasteiger partial charge in [0, 0.05) is 31.9 Å². The van der Waals surface area contributed by atoms with E-state index in [-0.39, 0.29) is 18.0 Å². The third-order valence-electron chi connectivity index (χ3n) is 3.21. The number of hydrogen-bond acceptors (Lipinski definition) is 3. The molecule has 1 aromatic rings. The predicted octanol–water partition coefficient (Wildman–Crippen LogP) is 2.12. The molecule has 0 saturated heterocycles. The largest absolute Gasteiger partial charge is 0.339 e. The molecule has 2 atom stereocenters. The summed E-state index contributed by atoms with van der Waals surface area (Å²) < 4.78 is 0. The zero-order valence-corrected chi connectivity index (χ0v) is 11.5. The van der Waals surface area contributed by atoms with Crippen LogP contribution in [-0.2, 0) is 4.79 Å². The first-order chi connectivity index (χ1) is 8.52. The van der Waals surface area contributed by atoms with E-state index in [1.165, 1.54) is 0 Å². The average molecular weight is 249 g/mol. The summed E-state index contributed by atoms with van der Waals surface area (Å²) in [6.45, 7) is 3.99. The third-order valence-corrected chi connectivity index (χ3v) is 3.21. The highest BCUT2D eigenvalue weighted by molar-refractivity contribution is 5.76. The number of nitrogens with two attached hydrogens (primary N) is 1. The molecule has 0 fully saturated rings. The Balaban J connectivity index is 2.48. The SMILES string of the molecule is CC(N)CCCC(=O)N(C)C(C)c1ccncc1. The fraction of sp³-hybridized carbons (Fsp3) is 0.571. The Morgan fingerprint density at radius 3 is 2.56 bits per heavy atom. The monoisotopic (exact) mass is 249 g/mol. The zero-order chi connectivity index (χ0) is 13.5.